The lowest BCUT2D eigenvalue weighted by atomic mass is 9.66. The first-order valence-corrected chi connectivity index (χ1v) is 19.5. The molecule has 6 aromatic carbocycles. The summed E-state index contributed by atoms with van der Waals surface area (Å²) in [7, 11) is -8.20. The minimum absolute atomic E-state index is 0.126. The molecule has 0 fully saturated rings. The number of hydrogen-bond acceptors (Lipinski definition) is 6. The lowest BCUT2D eigenvalue weighted by Gasteiger charge is -2.35. The highest BCUT2D eigenvalue weighted by Crippen LogP contribution is 2.57. The van der Waals surface area contributed by atoms with Gasteiger partial charge < -0.3 is 8.37 Å². The number of rotatable bonds is 8. The second-order valence-corrected chi connectivity index (χ2v) is 16.4. The van der Waals surface area contributed by atoms with Gasteiger partial charge in [0, 0.05) is 0 Å². The molecule has 6 nitrogen and oxygen atoms in total. The first kappa shape index (κ1) is 34.3. The van der Waals surface area contributed by atoms with E-state index in [9.17, 15) is 16.8 Å². The van der Waals surface area contributed by atoms with Crippen LogP contribution in [0.3, 0.4) is 0 Å². The monoisotopic (exact) mass is 714 g/mol. The molecule has 7 rings (SSSR count). The summed E-state index contributed by atoms with van der Waals surface area (Å²) < 4.78 is 65.8. The molecule has 0 radical (unpaired) electrons. The third kappa shape index (κ3) is 5.63. The van der Waals surface area contributed by atoms with Crippen LogP contribution >= 0.6 is 0 Å². The Labute approximate surface area is 300 Å². The van der Waals surface area contributed by atoms with Gasteiger partial charge in [0.15, 0.2) is 0 Å². The second kappa shape index (κ2) is 12.5. The molecular formula is C43H38O6S2. The summed E-state index contributed by atoms with van der Waals surface area (Å²) in [5.41, 5.74) is 9.19. The molecule has 51 heavy (non-hydrogen) atoms. The Hall–Kier alpha value is -5.18. The molecule has 0 saturated carbocycles. The van der Waals surface area contributed by atoms with E-state index in [2.05, 4.69) is 24.3 Å². The van der Waals surface area contributed by atoms with E-state index in [1.807, 2.05) is 76.2 Å². The van der Waals surface area contributed by atoms with Gasteiger partial charge in [-0.2, -0.15) is 16.8 Å². The maximum Gasteiger partial charge on any atom is 0.339 e. The molecule has 0 N–H and O–H groups in total. The van der Waals surface area contributed by atoms with Gasteiger partial charge in [-0.05, 0) is 120 Å². The highest BCUT2D eigenvalue weighted by molar-refractivity contribution is 7.87. The van der Waals surface area contributed by atoms with Crippen molar-refractivity contribution in [3.8, 4) is 22.6 Å². The molecule has 0 unspecified atom stereocenters. The average molecular weight is 715 g/mol. The quantitative estimate of drug-likeness (QED) is 0.146. The summed E-state index contributed by atoms with van der Waals surface area (Å²) in [6.07, 6.45) is 0. The lowest BCUT2D eigenvalue weighted by molar-refractivity contribution is 0.480. The van der Waals surface area contributed by atoms with E-state index < -0.39 is 25.7 Å². The van der Waals surface area contributed by atoms with Crippen LogP contribution in [0.5, 0.6) is 11.5 Å². The summed E-state index contributed by atoms with van der Waals surface area (Å²) in [6, 6.07) is 38.2. The third-order valence-electron chi connectivity index (χ3n) is 9.85. The Balaban J connectivity index is 1.43. The second-order valence-electron chi connectivity index (χ2n) is 13.3. The van der Waals surface area contributed by atoms with Crippen molar-refractivity contribution in [1.82, 2.24) is 0 Å². The molecule has 0 amide bonds. The normalized spacial score (nSPS) is 13.4. The van der Waals surface area contributed by atoms with Crippen LogP contribution in [-0.2, 0) is 25.7 Å². The molecule has 0 atom stereocenters. The van der Waals surface area contributed by atoms with Crippen molar-refractivity contribution in [2.45, 2.75) is 56.7 Å². The molecule has 0 heterocycles. The van der Waals surface area contributed by atoms with E-state index in [-0.39, 0.29) is 21.3 Å². The van der Waals surface area contributed by atoms with E-state index in [1.54, 1.807) is 62.4 Å². The van der Waals surface area contributed by atoms with E-state index in [1.165, 1.54) is 0 Å². The van der Waals surface area contributed by atoms with Gasteiger partial charge in [0.2, 0.25) is 0 Å². The zero-order valence-corrected chi connectivity index (χ0v) is 30.9. The maximum absolute atomic E-state index is 13.5. The first-order chi connectivity index (χ1) is 24.3. The summed E-state index contributed by atoms with van der Waals surface area (Å²) >= 11 is 0. The van der Waals surface area contributed by atoms with Gasteiger partial charge in [-0.25, -0.2) is 0 Å². The maximum atomic E-state index is 13.5. The van der Waals surface area contributed by atoms with E-state index in [0.717, 1.165) is 33.4 Å². The van der Waals surface area contributed by atoms with Crippen molar-refractivity contribution in [2.75, 3.05) is 0 Å². The van der Waals surface area contributed by atoms with E-state index >= 15 is 0 Å². The van der Waals surface area contributed by atoms with Crippen molar-refractivity contribution in [3.63, 3.8) is 0 Å². The van der Waals surface area contributed by atoms with Crippen LogP contribution in [0.4, 0.5) is 0 Å². The van der Waals surface area contributed by atoms with Gasteiger partial charge in [0.25, 0.3) is 0 Å². The summed E-state index contributed by atoms with van der Waals surface area (Å²) in [4.78, 5) is 0.251. The number of benzene rings is 6. The molecular weight excluding hydrogens is 677 g/mol. The minimum atomic E-state index is -4.10. The van der Waals surface area contributed by atoms with Crippen LogP contribution in [0.25, 0.3) is 11.1 Å². The molecule has 0 aliphatic heterocycles. The van der Waals surface area contributed by atoms with Crippen LogP contribution in [0, 0.1) is 41.5 Å². The lowest BCUT2D eigenvalue weighted by Crippen LogP contribution is -2.29. The topological polar surface area (TPSA) is 86.7 Å². The van der Waals surface area contributed by atoms with Crippen LogP contribution in [0.1, 0.15) is 55.6 Å². The first-order valence-electron chi connectivity index (χ1n) is 16.7. The van der Waals surface area contributed by atoms with Crippen molar-refractivity contribution in [3.05, 3.63) is 177 Å². The van der Waals surface area contributed by atoms with Gasteiger partial charge in [-0.3, -0.25) is 0 Å². The van der Waals surface area contributed by atoms with Crippen molar-refractivity contribution >= 4 is 20.2 Å². The number of hydrogen-bond donors (Lipinski definition) is 0. The van der Waals surface area contributed by atoms with Gasteiger partial charge in [-0.1, -0.05) is 109 Å². The smallest absolute Gasteiger partial charge is 0.339 e. The Morgan fingerprint density at radius 2 is 0.725 bits per heavy atom. The van der Waals surface area contributed by atoms with Crippen LogP contribution in [0.2, 0.25) is 0 Å². The fraction of sp³-hybridized carbons (Fsp3) is 0.163. The van der Waals surface area contributed by atoms with E-state index in [0.29, 0.717) is 33.4 Å². The number of fused-ring (bicyclic) bond motifs is 3. The fourth-order valence-electron chi connectivity index (χ4n) is 7.60. The zero-order valence-electron chi connectivity index (χ0n) is 29.3. The van der Waals surface area contributed by atoms with Crippen LogP contribution < -0.4 is 8.37 Å². The summed E-state index contributed by atoms with van der Waals surface area (Å²) in [6.45, 7) is 11.0. The molecule has 0 spiro atoms. The predicted molar refractivity (Wildman–Crippen MR) is 201 cm³/mol. The standard InChI is InChI=1S/C43H38O6S2/c1-27-15-7-13-21-39(27)50(44,45)48-41-29(3)23-33(24-30(41)4)43(37-19-11-9-17-35(37)36-18-10-12-20-38(36)43)34-25-31(5)42(32(6)26-34)49-51(46,47)40-22-14-8-16-28(40)2/h7-26H,1-6H3. The third-order valence-corrected chi connectivity index (χ3v) is 12.6. The predicted octanol–water partition coefficient (Wildman–Crippen LogP) is 9.44. The highest BCUT2D eigenvalue weighted by Gasteiger charge is 2.47. The molecule has 8 heteroatoms. The van der Waals surface area contributed by atoms with Gasteiger partial charge in [-0.15, -0.1) is 0 Å². The SMILES string of the molecule is Cc1ccccc1S(=O)(=O)Oc1c(C)cc(C2(c3cc(C)c(OS(=O)(=O)c4ccccc4C)c(C)c3)c3ccccc3-c3ccccc32)cc1C. The Morgan fingerprint density at radius 3 is 1.08 bits per heavy atom. The van der Waals surface area contributed by atoms with Gasteiger partial charge in [0.05, 0.1) is 5.41 Å². The minimum Gasteiger partial charge on any atom is -0.378 e. The van der Waals surface area contributed by atoms with Crippen molar-refractivity contribution in [1.29, 1.82) is 0 Å². The Morgan fingerprint density at radius 1 is 0.412 bits per heavy atom. The summed E-state index contributed by atoms with van der Waals surface area (Å²) in [5, 5.41) is 0. The fourth-order valence-corrected chi connectivity index (χ4v) is 10.2. The molecule has 0 bridgehead atoms. The van der Waals surface area contributed by atoms with Gasteiger partial charge >= 0.3 is 20.2 Å². The van der Waals surface area contributed by atoms with Crippen LogP contribution in [0.15, 0.2) is 131 Å². The Bertz CT molecular complexity index is 2360. The number of aryl methyl sites for hydroxylation is 6. The Kier molecular flexibility index (Phi) is 8.43. The molecule has 1 aliphatic rings. The highest BCUT2D eigenvalue weighted by atomic mass is 32.2. The van der Waals surface area contributed by atoms with Gasteiger partial charge in [0.1, 0.15) is 21.3 Å². The van der Waals surface area contributed by atoms with Crippen molar-refractivity contribution in [2.24, 2.45) is 0 Å². The summed E-state index contributed by atoms with van der Waals surface area (Å²) in [5.74, 6) is 0.573. The molecule has 6 aromatic rings. The molecule has 258 valence electrons. The average Bonchev–Trinajstić information content (AvgIpc) is 3.39. The zero-order chi connectivity index (χ0) is 36.3. The van der Waals surface area contributed by atoms with Crippen molar-refractivity contribution < 1.29 is 25.2 Å². The molecule has 0 aromatic heterocycles. The molecule has 0 saturated heterocycles. The van der Waals surface area contributed by atoms with E-state index in [4.69, 9.17) is 8.37 Å². The molecule has 1 aliphatic carbocycles. The largest absolute Gasteiger partial charge is 0.378 e. The van der Waals surface area contributed by atoms with Crippen LogP contribution in [-0.4, -0.2) is 16.8 Å².